The standard InChI is InChI=1S/C18H31NO/c1-6-11-19-17(18(14(3)4)20-7-2)13-16-10-8-9-15(5)12-16/h8-10,12,14,17-19H,6-7,11,13H2,1-5H3. The van der Waals surface area contributed by atoms with Crippen LogP contribution in [-0.2, 0) is 11.2 Å². The number of hydrogen-bond donors (Lipinski definition) is 1. The van der Waals surface area contributed by atoms with Gasteiger partial charge in [0.1, 0.15) is 0 Å². The summed E-state index contributed by atoms with van der Waals surface area (Å²) in [5.41, 5.74) is 2.72. The molecule has 2 atom stereocenters. The normalized spacial score (nSPS) is 14.5. The monoisotopic (exact) mass is 277 g/mol. The first-order valence-corrected chi connectivity index (χ1v) is 7.99. The second-order valence-electron chi connectivity index (χ2n) is 5.92. The summed E-state index contributed by atoms with van der Waals surface area (Å²) in [4.78, 5) is 0. The number of rotatable bonds is 9. The number of hydrogen-bond acceptors (Lipinski definition) is 2. The molecule has 1 rings (SSSR count). The third kappa shape index (κ3) is 5.64. The van der Waals surface area contributed by atoms with E-state index in [4.69, 9.17) is 4.74 Å². The fourth-order valence-corrected chi connectivity index (χ4v) is 2.69. The highest BCUT2D eigenvalue weighted by atomic mass is 16.5. The van der Waals surface area contributed by atoms with Crippen molar-refractivity contribution < 1.29 is 4.74 Å². The summed E-state index contributed by atoms with van der Waals surface area (Å²) in [6, 6.07) is 9.19. The van der Waals surface area contributed by atoms with Gasteiger partial charge in [-0.15, -0.1) is 0 Å². The van der Waals surface area contributed by atoms with Crippen molar-refractivity contribution in [3.8, 4) is 0 Å². The third-order valence-corrected chi connectivity index (χ3v) is 3.61. The van der Waals surface area contributed by atoms with E-state index in [0.29, 0.717) is 12.0 Å². The average molecular weight is 277 g/mol. The summed E-state index contributed by atoms with van der Waals surface area (Å²) in [6.45, 7) is 12.8. The molecule has 0 fully saturated rings. The van der Waals surface area contributed by atoms with Gasteiger partial charge in [0, 0.05) is 12.6 Å². The highest BCUT2D eigenvalue weighted by Crippen LogP contribution is 2.16. The molecule has 2 unspecified atom stereocenters. The molecule has 0 bridgehead atoms. The van der Waals surface area contributed by atoms with E-state index >= 15 is 0 Å². The van der Waals surface area contributed by atoms with Crippen molar-refractivity contribution in [3.05, 3.63) is 35.4 Å². The number of benzene rings is 1. The van der Waals surface area contributed by atoms with Crippen LogP contribution >= 0.6 is 0 Å². The number of ether oxygens (including phenoxy) is 1. The average Bonchev–Trinajstić information content (AvgIpc) is 2.41. The molecule has 114 valence electrons. The predicted octanol–water partition coefficient (Wildman–Crippen LogP) is 3.97. The molecule has 0 saturated heterocycles. The Morgan fingerprint density at radius 3 is 2.50 bits per heavy atom. The minimum Gasteiger partial charge on any atom is -0.377 e. The van der Waals surface area contributed by atoms with E-state index in [0.717, 1.165) is 26.0 Å². The first-order chi connectivity index (χ1) is 9.58. The van der Waals surface area contributed by atoms with E-state index in [1.54, 1.807) is 0 Å². The van der Waals surface area contributed by atoms with Crippen LogP contribution in [0.5, 0.6) is 0 Å². The van der Waals surface area contributed by atoms with Crippen LogP contribution in [0.3, 0.4) is 0 Å². The summed E-state index contributed by atoms with van der Waals surface area (Å²) in [7, 11) is 0. The summed E-state index contributed by atoms with van der Waals surface area (Å²) >= 11 is 0. The minimum atomic E-state index is 0.270. The summed E-state index contributed by atoms with van der Waals surface area (Å²) < 4.78 is 6.00. The topological polar surface area (TPSA) is 21.3 Å². The molecule has 2 heteroatoms. The Balaban J connectivity index is 2.81. The smallest absolute Gasteiger partial charge is 0.0753 e. The summed E-state index contributed by atoms with van der Waals surface area (Å²) in [6.07, 6.45) is 2.46. The van der Waals surface area contributed by atoms with E-state index in [2.05, 4.69) is 64.2 Å². The second-order valence-corrected chi connectivity index (χ2v) is 5.92. The molecule has 0 radical (unpaired) electrons. The van der Waals surface area contributed by atoms with Crippen molar-refractivity contribution in [2.45, 2.75) is 59.6 Å². The fraction of sp³-hybridized carbons (Fsp3) is 0.667. The van der Waals surface area contributed by atoms with Gasteiger partial charge < -0.3 is 10.1 Å². The molecular formula is C18H31NO. The Morgan fingerprint density at radius 2 is 1.95 bits per heavy atom. The van der Waals surface area contributed by atoms with Crippen LogP contribution < -0.4 is 5.32 Å². The Kier molecular flexibility index (Phi) is 7.86. The van der Waals surface area contributed by atoms with Crippen LogP contribution in [-0.4, -0.2) is 25.3 Å². The maximum atomic E-state index is 6.00. The molecule has 0 aliphatic rings. The van der Waals surface area contributed by atoms with Gasteiger partial charge >= 0.3 is 0 Å². The van der Waals surface area contributed by atoms with Crippen LogP contribution in [0.15, 0.2) is 24.3 Å². The van der Waals surface area contributed by atoms with Crippen molar-refractivity contribution in [2.75, 3.05) is 13.2 Å². The zero-order chi connectivity index (χ0) is 15.0. The lowest BCUT2D eigenvalue weighted by Crippen LogP contribution is -2.46. The van der Waals surface area contributed by atoms with Gasteiger partial charge in [0.05, 0.1) is 6.10 Å². The van der Waals surface area contributed by atoms with E-state index in [-0.39, 0.29) is 6.10 Å². The molecule has 20 heavy (non-hydrogen) atoms. The summed E-state index contributed by atoms with van der Waals surface area (Å²) in [5.74, 6) is 0.522. The highest BCUT2D eigenvalue weighted by Gasteiger charge is 2.24. The maximum absolute atomic E-state index is 6.00. The molecular weight excluding hydrogens is 246 g/mol. The maximum Gasteiger partial charge on any atom is 0.0753 e. The van der Waals surface area contributed by atoms with E-state index in [9.17, 15) is 0 Å². The lowest BCUT2D eigenvalue weighted by atomic mass is 9.93. The predicted molar refractivity (Wildman–Crippen MR) is 87.2 cm³/mol. The van der Waals surface area contributed by atoms with Crippen LogP contribution in [0.2, 0.25) is 0 Å². The molecule has 0 spiro atoms. The van der Waals surface area contributed by atoms with Crippen molar-refractivity contribution in [1.82, 2.24) is 5.32 Å². The van der Waals surface area contributed by atoms with Crippen molar-refractivity contribution >= 4 is 0 Å². The van der Waals surface area contributed by atoms with Gasteiger partial charge in [-0.2, -0.15) is 0 Å². The Morgan fingerprint density at radius 1 is 1.20 bits per heavy atom. The molecule has 2 nitrogen and oxygen atoms in total. The molecule has 0 aromatic heterocycles. The van der Waals surface area contributed by atoms with Gasteiger partial charge in [-0.25, -0.2) is 0 Å². The number of aryl methyl sites for hydroxylation is 1. The first-order valence-electron chi connectivity index (χ1n) is 7.99. The van der Waals surface area contributed by atoms with Crippen molar-refractivity contribution in [3.63, 3.8) is 0 Å². The van der Waals surface area contributed by atoms with Gasteiger partial charge in [-0.3, -0.25) is 0 Å². The Hall–Kier alpha value is -0.860. The fourth-order valence-electron chi connectivity index (χ4n) is 2.69. The molecule has 1 aromatic carbocycles. The Bertz CT molecular complexity index is 375. The lowest BCUT2D eigenvalue weighted by molar-refractivity contribution is 0.00362. The molecule has 0 amide bonds. The molecule has 0 aliphatic heterocycles. The first kappa shape index (κ1) is 17.2. The SMILES string of the molecule is CCCNC(Cc1cccc(C)c1)C(OCC)C(C)C. The minimum absolute atomic E-state index is 0.270. The molecule has 0 aliphatic carbocycles. The zero-order valence-electron chi connectivity index (χ0n) is 13.8. The quantitative estimate of drug-likeness (QED) is 0.737. The van der Waals surface area contributed by atoms with Crippen LogP contribution in [0.25, 0.3) is 0 Å². The van der Waals surface area contributed by atoms with Gasteiger partial charge in [0.2, 0.25) is 0 Å². The third-order valence-electron chi connectivity index (χ3n) is 3.61. The lowest BCUT2D eigenvalue weighted by Gasteiger charge is -2.31. The van der Waals surface area contributed by atoms with E-state index < -0.39 is 0 Å². The van der Waals surface area contributed by atoms with Gasteiger partial charge in [0.15, 0.2) is 0 Å². The van der Waals surface area contributed by atoms with Gasteiger partial charge in [0.25, 0.3) is 0 Å². The molecule has 0 saturated carbocycles. The molecule has 0 heterocycles. The highest BCUT2D eigenvalue weighted by molar-refractivity contribution is 5.23. The van der Waals surface area contributed by atoms with Crippen LogP contribution in [0.1, 0.15) is 45.2 Å². The molecule has 1 aromatic rings. The van der Waals surface area contributed by atoms with Crippen molar-refractivity contribution in [2.24, 2.45) is 5.92 Å². The summed E-state index contributed by atoms with van der Waals surface area (Å²) in [5, 5.41) is 3.68. The molecule has 1 N–H and O–H groups in total. The van der Waals surface area contributed by atoms with E-state index in [1.165, 1.54) is 11.1 Å². The van der Waals surface area contributed by atoms with Crippen molar-refractivity contribution in [1.29, 1.82) is 0 Å². The van der Waals surface area contributed by atoms with Crippen LogP contribution in [0, 0.1) is 12.8 Å². The van der Waals surface area contributed by atoms with Crippen LogP contribution in [0.4, 0.5) is 0 Å². The van der Waals surface area contributed by atoms with Gasteiger partial charge in [-0.05, 0) is 44.7 Å². The largest absolute Gasteiger partial charge is 0.377 e. The van der Waals surface area contributed by atoms with E-state index in [1.807, 2.05) is 0 Å². The zero-order valence-corrected chi connectivity index (χ0v) is 13.8. The van der Waals surface area contributed by atoms with Gasteiger partial charge in [-0.1, -0.05) is 50.6 Å². The Labute approximate surface area is 124 Å². The number of nitrogens with one attached hydrogen (secondary N) is 1. The second kappa shape index (κ2) is 9.15.